The van der Waals surface area contributed by atoms with Crippen LogP contribution in [0.1, 0.15) is 5.56 Å². The number of carboxylic acid groups (broad SMARTS) is 1. The Kier molecular flexibility index (Phi) is 4.01. The van der Waals surface area contributed by atoms with Crippen LogP contribution < -0.4 is 4.90 Å². The summed E-state index contributed by atoms with van der Waals surface area (Å²) < 4.78 is 2.09. The van der Waals surface area contributed by atoms with Crippen LogP contribution in [-0.4, -0.2) is 39.2 Å². The van der Waals surface area contributed by atoms with Crippen molar-refractivity contribution in [1.82, 2.24) is 14.5 Å². The third-order valence-corrected chi connectivity index (χ3v) is 4.36. The summed E-state index contributed by atoms with van der Waals surface area (Å²) in [5.41, 5.74) is 3.67. The van der Waals surface area contributed by atoms with Crippen LogP contribution in [-0.2, 0) is 11.3 Å². The third-order valence-electron chi connectivity index (χ3n) is 4.36. The van der Waals surface area contributed by atoms with Crippen molar-refractivity contribution in [2.24, 2.45) is 0 Å². The van der Waals surface area contributed by atoms with Crippen molar-refractivity contribution in [3.63, 3.8) is 0 Å². The van der Waals surface area contributed by atoms with Gasteiger partial charge >= 0.3 is 5.97 Å². The molecule has 0 aliphatic carbocycles. The minimum absolute atomic E-state index is 0.133. The number of likely N-dealkylation sites (N-methyl/N-ethyl adjacent to an activating group) is 1. The van der Waals surface area contributed by atoms with Gasteiger partial charge in [0, 0.05) is 19.0 Å². The second-order valence-corrected chi connectivity index (χ2v) is 6.26. The molecule has 0 aliphatic heterocycles. The van der Waals surface area contributed by atoms with Crippen LogP contribution in [0.5, 0.6) is 0 Å². The predicted molar refractivity (Wildman–Crippen MR) is 101 cm³/mol. The van der Waals surface area contributed by atoms with Crippen LogP contribution in [0, 0.1) is 0 Å². The van der Waals surface area contributed by atoms with Crippen LogP contribution in [0.2, 0.25) is 0 Å². The number of hydrogen-bond donors (Lipinski definition) is 1. The van der Waals surface area contributed by atoms with Gasteiger partial charge in [0.05, 0.1) is 17.4 Å². The van der Waals surface area contributed by atoms with Crippen LogP contribution in [0.3, 0.4) is 0 Å². The molecule has 0 amide bonds. The summed E-state index contributed by atoms with van der Waals surface area (Å²) in [5.74, 6) is -0.327. The van der Waals surface area contributed by atoms with Gasteiger partial charge in [-0.1, -0.05) is 48.5 Å². The van der Waals surface area contributed by atoms with E-state index < -0.39 is 5.97 Å². The van der Waals surface area contributed by atoms with Gasteiger partial charge in [-0.05, 0) is 11.6 Å². The second kappa shape index (κ2) is 6.48. The molecule has 6 heteroatoms. The largest absolute Gasteiger partial charge is 0.480 e. The van der Waals surface area contributed by atoms with Crippen LogP contribution in [0.25, 0.3) is 21.9 Å². The maximum Gasteiger partial charge on any atom is 0.323 e. The molecule has 0 aliphatic rings. The zero-order valence-electron chi connectivity index (χ0n) is 14.3. The molecule has 130 valence electrons. The normalized spacial score (nSPS) is 11.1. The Balaban J connectivity index is 1.92. The molecule has 1 N–H and O–H groups in total. The number of carbonyl (C=O) groups is 1. The predicted octanol–water partition coefficient (Wildman–Crippen LogP) is 3.15. The first-order chi connectivity index (χ1) is 12.6. The number of aromatic nitrogens is 3. The summed E-state index contributed by atoms with van der Waals surface area (Å²) in [6.45, 7) is 0.555. The van der Waals surface area contributed by atoms with Gasteiger partial charge in [0.25, 0.3) is 0 Å². The number of anilines is 1. The lowest BCUT2D eigenvalue weighted by atomic mass is 10.1. The lowest BCUT2D eigenvalue weighted by molar-refractivity contribution is -0.135. The summed E-state index contributed by atoms with van der Waals surface area (Å²) >= 11 is 0. The molecule has 4 rings (SSSR count). The maximum atomic E-state index is 11.1. The number of carboxylic acids is 1. The lowest BCUT2D eigenvalue weighted by Gasteiger charge is -2.17. The fourth-order valence-electron chi connectivity index (χ4n) is 3.21. The molecular formula is C20H18N4O2. The van der Waals surface area contributed by atoms with Crippen molar-refractivity contribution in [3.8, 4) is 0 Å². The number of fused-ring (bicyclic) bond motifs is 3. The molecule has 6 nitrogen and oxygen atoms in total. The molecule has 0 saturated heterocycles. The molecule has 0 spiro atoms. The molecule has 26 heavy (non-hydrogen) atoms. The van der Waals surface area contributed by atoms with E-state index in [4.69, 9.17) is 5.11 Å². The summed E-state index contributed by atoms with van der Waals surface area (Å²) in [4.78, 5) is 22.0. The average molecular weight is 346 g/mol. The van der Waals surface area contributed by atoms with Gasteiger partial charge < -0.3 is 14.6 Å². The van der Waals surface area contributed by atoms with E-state index >= 15 is 0 Å². The number of para-hydroxylation sites is 1. The van der Waals surface area contributed by atoms with Gasteiger partial charge in [0.1, 0.15) is 12.1 Å². The summed E-state index contributed by atoms with van der Waals surface area (Å²) in [6.07, 6.45) is 1.80. The van der Waals surface area contributed by atoms with Crippen LogP contribution >= 0.6 is 0 Å². The molecule has 0 atom stereocenters. The Morgan fingerprint density at radius 2 is 1.85 bits per heavy atom. The SMILES string of the molecule is CN(CC(=O)O)c1nc2ccccc2c2c1ncn2Cc1ccccc1. The van der Waals surface area contributed by atoms with Gasteiger partial charge in [-0.3, -0.25) is 4.79 Å². The summed E-state index contributed by atoms with van der Waals surface area (Å²) in [7, 11) is 1.72. The highest BCUT2D eigenvalue weighted by Gasteiger charge is 2.18. The smallest absolute Gasteiger partial charge is 0.323 e. The first-order valence-electron chi connectivity index (χ1n) is 8.34. The second-order valence-electron chi connectivity index (χ2n) is 6.26. The van der Waals surface area contributed by atoms with Crippen molar-refractivity contribution in [2.75, 3.05) is 18.5 Å². The van der Waals surface area contributed by atoms with E-state index in [0.717, 1.165) is 16.4 Å². The molecule has 0 fully saturated rings. The van der Waals surface area contributed by atoms with Gasteiger partial charge in [-0.15, -0.1) is 0 Å². The van der Waals surface area contributed by atoms with E-state index in [1.54, 1.807) is 18.3 Å². The Labute approximate surface area is 150 Å². The zero-order valence-corrected chi connectivity index (χ0v) is 14.3. The number of imidazole rings is 1. The molecule has 4 aromatic rings. The Hall–Kier alpha value is -3.41. The number of nitrogens with zero attached hydrogens (tertiary/aromatic N) is 4. The van der Waals surface area contributed by atoms with E-state index in [9.17, 15) is 4.79 Å². The fraction of sp³-hybridized carbons (Fsp3) is 0.150. The quantitative estimate of drug-likeness (QED) is 0.601. The van der Waals surface area contributed by atoms with Crippen molar-refractivity contribution in [1.29, 1.82) is 0 Å². The van der Waals surface area contributed by atoms with Gasteiger partial charge in [0.15, 0.2) is 5.82 Å². The monoisotopic (exact) mass is 346 g/mol. The van der Waals surface area contributed by atoms with Crippen LogP contribution in [0.4, 0.5) is 5.82 Å². The first-order valence-corrected chi connectivity index (χ1v) is 8.34. The molecule has 0 bridgehead atoms. The van der Waals surface area contributed by atoms with E-state index in [1.165, 1.54) is 5.56 Å². The molecule has 0 unspecified atom stereocenters. The molecule has 2 aromatic heterocycles. The fourth-order valence-corrected chi connectivity index (χ4v) is 3.21. The maximum absolute atomic E-state index is 11.1. The topological polar surface area (TPSA) is 71.2 Å². The van der Waals surface area contributed by atoms with E-state index in [0.29, 0.717) is 17.9 Å². The van der Waals surface area contributed by atoms with Crippen LogP contribution in [0.15, 0.2) is 60.9 Å². The lowest BCUT2D eigenvalue weighted by Crippen LogP contribution is -2.26. The third kappa shape index (κ3) is 2.86. The van der Waals surface area contributed by atoms with Crippen molar-refractivity contribution in [2.45, 2.75) is 6.54 Å². The number of rotatable bonds is 5. The van der Waals surface area contributed by atoms with Crippen molar-refractivity contribution >= 4 is 33.7 Å². The number of aliphatic carboxylic acids is 1. The minimum Gasteiger partial charge on any atom is -0.480 e. The highest BCUT2D eigenvalue weighted by molar-refractivity contribution is 6.07. The summed E-state index contributed by atoms with van der Waals surface area (Å²) in [5, 5.41) is 10.1. The van der Waals surface area contributed by atoms with E-state index in [2.05, 4.69) is 26.7 Å². The molecule has 2 aromatic carbocycles. The molecule has 0 radical (unpaired) electrons. The Bertz CT molecular complexity index is 1090. The molecular weight excluding hydrogens is 328 g/mol. The highest BCUT2D eigenvalue weighted by Crippen LogP contribution is 2.30. The standard InChI is InChI=1S/C20H18N4O2/c1-23(12-17(25)26)20-18-19(15-9-5-6-10-16(15)22-20)24(13-21-18)11-14-7-3-2-4-8-14/h2-10,13H,11-12H2,1H3,(H,25,26). The van der Waals surface area contributed by atoms with E-state index in [1.807, 2.05) is 42.5 Å². The summed E-state index contributed by atoms with van der Waals surface area (Å²) in [6, 6.07) is 18.0. The minimum atomic E-state index is -0.903. The van der Waals surface area contributed by atoms with Gasteiger partial charge in [-0.25, -0.2) is 9.97 Å². The van der Waals surface area contributed by atoms with E-state index in [-0.39, 0.29) is 6.54 Å². The number of pyridine rings is 1. The average Bonchev–Trinajstić information content (AvgIpc) is 3.05. The van der Waals surface area contributed by atoms with Gasteiger partial charge in [0.2, 0.25) is 0 Å². The Morgan fingerprint density at radius 1 is 1.12 bits per heavy atom. The highest BCUT2D eigenvalue weighted by atomic mass is 16.4. The molecule has 0 saturated carbocycles. The van der Waals surface area contributed by atoms with Crippen molar-refractivity contribution < 1.29 is 9.90 Å². The number of benzene rings is 2. The molecule has 2 heterocycles. The van der Waals surface area contributed by atoms with Crippen molar-refractivity contribution in [3.05, 3.63) is 66.5 Å². The number of hydrogen-bond acceptors (Lipinski definition) is 4. The Morgan fingerprint density at radius 3 is 2.62 bits per heavy atom. The van der Waals surface area contributed by atoms with Gasteiger partial charge in [-0.2, -0.15) is 0 Å². The first kappa shape index (κ1) is 16.1. The zero-order chi connectivity index (χ0) is 18.1.